The molecule has 0 aliphatic carbocycles. The summed E-state index contributed by atoms with van der Waals surface area (Å²) in [6.07, 6.45) is 0. The Balaban J connectivity index is 2.67. The van der Waals surface area contributed by atoms with Crippen LogP contribution in [0.4, 0.5) is 0 Å². The van der Waals surface area contributed by atoms with Crippen molar-refractivity contribution >= 4 is 50.7 Å². The van der Waals surface area contributed by atoms with Gasteiger partial charge < -0.3 is 0 Å². The van der Waals surface area contributed by atoms with Crippen LogP contribution in [0.25, 0.3) is 10.1 Å². The van der Waals surface area contributed by atoms with Crippen LogP contribution in [0.2, 0.25) is 0 Å². The van der Waals surface area contributed by atoms with Crippen molar-refractivity contribution in [2.75, 3.05) is 0 Å². The Kier molecular flexibility index (Phi) is 2.24. The second-order valence-electron chi connectivity index (χ2n) is 2.64. The molecule has 2 radical (unpaired) electrons. The first-order valence-electron chi connectivity index (χ1n) is 3.63. The zero-order valence-electron chi connectivity index (χ0n) is 6.38. The van der Waals surface area contributed by atoms with Crippen LogP contribution >= 0.6 is 27.3 Å². The Morgan fingerprint density at radius 1 is 1.33 bits per heavy atom. The Hall–Kier alpha value is -0.275. The average molecular weight is 237 g/mol. The van der Waals surface area contributed by atoms with Crippen molar-refractivity contribution in [1.82, 2.24) is 0 Å². The highest BCUT2D eigenvalue weighted by Crippen LogP contribution is 2.25. The van der Waals surface area contributed by atoms with Gasteiger partial charge in [0.1, 0.15) is 7.85 Å². The van der Waals surface area contributed by atoms with Crippen LogP contribution in [0.15, 0.2) is 24.3 Å². The Bertz CT molecular complexity index is 408. The third-order valence-corrected chi connectivity index (χ3v) is 3.80. The van der Waals surface area contributed by atoms with E-state index in [-0.39, 0.29) is 0 Å². The highest BCUT2D eigenvalue weighted by Gasteiger charge is 1.99. The Morgan fingerprint density at radius 3 is 2.92 bits per heavy atom. The van der Waals surface area contributed by atoms with Gasteiger partial charge in [0.05, 0.1) is 0 Å². The maximum atomic E-state index is 5.67. The number of thiophene rings is 1. The molecular weight excluding hydrogens is 231 g/mol. The molecular formula is C9H6BBrS. The monoisotopic (exact) mass is 236 g/mol. The van der Waals surface area contributed by atoms with E-state index in [4.69, 9.17) is 7.85 Å². The molecule has 0 saturated heterocycles. The summed E-state index contributed by atoms with van der Waals surface area (Å²) in [6.45, 7) is 0. The Morgan fingerprint density at radius 2 is 2.17 bits per heavy atom. The lowest BCUT2D eigenvalue weighted by atomic mass is 9.96. The molecule has 1 heterocycles. The normalized spacial score (nSPS) is 10.8. The molecule has 0 saturated carbocycles. The molecule has 0 aliphatic rings. The van der Waals surface area contributed by atoms with Crippen LogP contribution in [0.1, 0.15) is 4.88 Å². The summed E-state index contributed by atoms with van der Waals surface area (Å²) in [7, 11) is 5.67. The molecule has 3 heteroatoms. The number of alkyl halides is 1. The van der Waals surface area contributed by atoms with Crippen LogP contribution in [-0.2, 0) is 5.33 Å². The molecule has 12 heavy (non-hydrogen) atoms. The predicted octanol–water partition coefficient (Wildman–Crippen LogP) is 2.59. The molecule has 0 aliphatic heterocycles. The van der Waals surface area contributed by atoms with Crippen molar-refractivity contribution < 1.29 is 0 Å². The van der Waals surface area contributed by atoms with Crippen LogP contribution < -0.4 is 5.46 Å². The average Bonchev–Trinajstić information content (AvgIpc) is 2.46. The summed E-state index contributed by atoms with van der Waals surface area (Å²) < 4.78 is 1.27. The van der Waals surface area contributed by atoms with Gasteiger partial charge >= 0.3 is 0 Å². The van der Waals surface area contributed by atoms with Crippen molar-refractivity contribution in [2.24, 2.45) is 0 Å². The summed E-state index contributed by atoms with van der Waals surface area (Å²) >= 11 is 5.22. The standard InChI is InChI=1S/C9H6BBrS/c10-7-2-1-6-3-8(5-11)12-9(6)4-7/h1-4H,5H2. The van der Waals surface area contributed by atoms with E-state index in [1.165, 1.54) is 15.0 Å². The Labute approximate surface area is 85.1 Å². The molecule has 58 valence electrons. The fraction of sp³-hybridized carbons (Fsp3) is 0.111. The third kappa shape index (κ3) is 1.43. The van der Waals surface area contributed by atoms with Gasteiger partial charge in [-0.15, -0.1) is 11.3 Å². The first kappa shape index (κ1) is 8.33. The van der Waals surface area contributed by atoms with Crippen LogP contribution in [0.5, 0.6) is 0 Å². The summed E-state index contributed by atoms with van der Waals surface area (Å²) in [5, 5.41) is 2.20. The maximum absolute atomic E-state index is 5.67. The minimum Gasteiger partial charge on any atom is -0.139 e. The molecule has 1 aromatic carbocycles. The van der Waals surface area contributed by atoms with E-state index in [1.807, 2.05) is 12.1 Å². The topological polar surface area (TPSA) is 0 Å². The summed E-state index contributed by atoms with van der Waals surface area (Å²) in [4.78, 5) is 1.34. The number of rotatable bonds is 1. The van der Waals surface area contributed by atoms with E-state index in [9.17, 15) is 0 Å². The van der Waals surface area contributed by atoms with Gasteiger partial charge in [-0.05, 0) is 11.5 Å². The molecule has 0 spiro atoms. The van der Waals surface area contributed by atoms with E-state index >= 15 is 0 Å². The lowest BCUT2D eigenvalue weighted by molar-refractivity contribution is 1.60. The second kappa shape index (κ2) is 3.23. The number of hydrogen-bond donors (Lipinski definition) is 0. The van der Waals surface area contributed by atoms with Gasteiger partial charge in [0, 0.05) is 14.9 Å². The van der Waals surface area contributed by atoms with Crippen LogP contribution in [0.3, 0.4) is 0 Å². The zero-order valence-corrected chi connectivity index (χ0v) is 8.78. The van der Waals surface area contributed by atoms with E-state index < -0.39 is 0 Å². The summed E-state index contributed by atoms with van der Waals surface area (Å²) in [5.41, 5.74) is 0.838. The fourth-order valence-corrected chi connectivity index (χ4v) is 2.64. The predicted molar refractivity (Wildman–Crippen MR) is 59.8 cm³/mol. The largest absolute Gasteiger partial charge is 0.139 e. The van der Waals surface area contributed by atoms with Crippen molar-refractivity contribution in [3.8, 4) is 0 Å². The number of fused-ring (bicyclic) bond motifs is 1. The van der Waals surface area contributed by atoms with Gasteiger partial charge in [-0.3, -0.25) is 0 Å². The maximum Gasteiger partial charge on any atom is 0.113 e. The number of benzene rings is 1. The van der Waals surface area contributed by atoms with Crippen molar-refractivity contribution in [3.05, 3.63) is 29.1 Å². The summed E-state index contributed by atoms with van der Waals surface area (Å²) in [6, 6.07) is 8.21. The first-order valence-corrected chi connectivity index (χ1v) is 5.57. The van der Waals surface area contributed by atoms with E-state index in [0.29, 0.717) is 0 Å². The van der Waals surface area contributed by atoms with Gasteiger partial charge in [0.15, 0.2) is 0 Å². The highest BCUT2D eigenvalue weighted by atomic mass is 79.9. The lowest BCUT2D eigenvalue weighted by Gasteiger charge is -1.90. The molecule has 0 amide bonds. The molecule has 0 nitrogen and oxygen atoms in total. The number of halogens is 1. The molecule has 0 unspecified atom stereocenters. The van der Waals surface area contributed by atoms with E-state index in [1.54, 1.807) is 11.3 Å². The SMILES string of the molecule is [B]c1ccc2cc(CBr)sc2c1. The molecule has 0 atom stereocenters. The van der Waals surface area contributed by atoms with Crippen LogP contribution in [0, 0.1) is 0 Å². The molecule has 0 fully saturated rings. The quantitative estimate of drug-likeness (QED) is 0.528. The van der Waals surface area contributed by atoms with Crippen molar-refractivity contribution in [3.63, 3.8) is 0 Å². The highest BCUT2D eigenvalue weighted by molar-refractivity contribution is 9.08. The van der Waals surface area contributed by atoms with E-state index in [0.717, 1.165) is 10.8 Å². The van der Waals surface area contributed by atoms with Gasteiger partial charge in [-0.1, -0.05) is 39.6 Å². The zero-order chi connectivity index (χ0) is 8.55. The van der Waals surface area contributed by atoms with Crippen molar-refractivity contribution in [2.45, 2.75) is 5.33 Å². The van der Waals surface area contributed by atoms with Gasteiger partial charge in [-0.25, -0.2) is 0 Å². The van der Waals surface area contributed by atoms with Gasteiger partial charge in [-0.2, -0.15) is 0 Å². The van der Waals surface area contributed by atoms with Crippen LogP contribution in [-0.4, -0.2) is 7.85 Å². The van der Waals surface area contributed by atoms with Gasteiger partial charge in [0.25, 0.3) is 0 Å². The van der Waals surface area contributed by atoms with Gasteiger partial charge in [0.2, 0.25) is 0 Å². The molecule has 1 aromatic heterocycles. The summed E-state index contributed by atoms with van der Waals surface area (Å²) in [5.74, 6) is 0. The van der Waals surface area contributed by atoms with E-state index in [2.05, 4.69) is 28.1 Å². The lowest BCUT2D eigenvalue weighted by Crippen LogP contribution is -1.98. The number of hydrogen-bond acceptors (Lipinski definition) is 1. The fourth-order valence-electron chi connectivity index (χ4n) is 1.17. The second-order valence-corrected chi connectivity index (χ2v) is 4.37. The molecule has 0 N–H and O–H groups in total. The molecule has 2 aromatic rings. The minimum atomic E-state index is 0.838. The third-order valence-electron chi connectivity index (χ3n) is 1.73. The minimum absolute atomic E-state index is 0.838. The molecule has 0 bridgehead atoms. The van der Waals surface area contributed by atoms with Crippen molar-refractivity contribution in [1.29, 1.82) is 0 Å². The first-order chi connectivity index (χ1) is 5.79. The molecule has 2 rings (SSSR count). The smallest absolute Gasteiger partial charge is 0.113 e.